The summed E-state index contributed by atoms with van der Waals surface area (Å²) < 4.78 is 0. The van der Waals surface area contributed by atoms with Crippen LogP contribution in [0.3, 0.4) is 0 Å². The quantitative estimate of drug-likeness (QED) is 0.271. The Labute approximate surface area is 188 Å². The second-order valence-corrected chi connectivity index (χ2v) is 9.24. The highest BCUT2D eigenvalue weighted by Gasteiger charge is 2.25. The first-order valence-electron chi connectivity index (χ1n) is 12.0. The monoisotopic (exact) mass is 427 g/mol. The van der Waals surface area contributed by atoms with Gasteiger partial charge in [0.2, 0.25) is 0 Å². The topological polar surface area (TPSA) is 69.6 Å². The Morgan fingerprint density at radius 1 is 1.13 bits per heavy atom. The molecule has 0 aliphatic heterocycles. The number of hydrogen-bond acceptors (Lipinski definition) is 3. The van der Waals surface area contributed by atoms with Gasteiger partial charge in [-0.25, -0.2) is 0 Å². The van der Waals surface area contributed by atoms with Crippen molar-refractivity contribution >= 4 is 5.91 Å². The number of phenolic OH excluding ortho intramolecular Hbond substituents is 2. The first kappa shape index (κ1) is 25.0. The molecule has 1 aliphatic rings. The van der Waals surface area contributed by atoms with Gasteiger partial charge < -0.3 is 15.5 Å². The number of allylic oxidation sites excluding steroid dienone is 4. The van der Waals surface area contributed by atoms with Crippen molar-refractivity contribution in [2.75, 3.05) is 0 Å². The van der Waals surface area contributed by atoms with Crippen LogP contribution in [0.15, 0.2) is 29.4 Å². The number of carbonyl (C=O) groups is 1. The summed E-state index contributed by atoms with van der Waals surface area (Å²) in [5, 5.41) is 24.8. The highest BCUT2D eigenvalue weighted by atomic mass is 16.3. The van der Waals surface area contributed by atoms with Crippen molar-refractivity contribution in [3.8, 4) is 11.5 Å². The second-order valence-electron chi connectivity index (χ2n) is 9.24. The van der Waals surface area contributed by atoms with E-state index in [2.05, 4.69) is 39.1 Å². The maximum absolute atomic E-state index is 13.1. The molecule has 31 heavy (non-hydrogen) atoms. The third-order valence-corrected chi connectivity index (χ3v) is 6.18. The van der Waals surface area contributed by atoms with E-state index in [0.29, 0.717) is 24.0 Å². The number of aryl methyl sites for hydroxylation is 1. The van der Waals surface area contributed by atoms with Gasteiger partial charge in [-0.15, -0.1) is 0 Å². The molecule has 1 amide bonds. The minimum atomic E-state index is -0.207. The molecule has 0 radical (unpaired) electrons. The number of nitrogens with one attached hydrogen (secondary N) is 1. The molecule has 1 saturated carbocycles. The summed E-state index contributed by atoms with van der Waals surface area (Å²) in [6.45, 7) is 8.39. The zero-order chi connectivity index (χ0) is 22.8. The van der Waals surface area contributed by atoms with E-state index in [1.807, 2.05) is 6.08 Å². The van der Waals surface area contributed by atoms with E-state index in [4.69, 9.17) is 0 Å². The highest BCUT2D eigenvalue weighted by Crippen LogP contribution is 2.36. The summed E-state index contributed by atoms with van der Waals surface area (Å²) in [6.07, 6.45) is 14.6. The van der Waals surface area contributed by atoms with Crippen molar-refractivity contribution in [2.45, 2.75) is 104 Å². The average molecular weight is 428 g/mol. The third kappa shape index (κ3) is 7.75. The van der Waals surface area contributed by atoms with Crippen LogP contribution in [0.4, 0.5) is 0 Å². The van der Waals surface area contributed by atoms with Gasteiger partial charge >= 0.3 is 0 Å². The fourth-order valence-corrected chi connectivity index (χ4v) is 4.26. The number of unbranched alkanes of at least 4 members (excludes halogenated alkanes) is 2. The van der Waals surface area contributed by atoms with Crippen molar-refractivity contribution < 1.29 is 15.0 Å². The average Bonchev–Trinajstić information content (AvgIpc) is 3.20. The van der Waals surface area contributed by atoms with Crippen molar-refractivity contribution in [1.82, 2.24) is 5.32 Å². The van der Waals surface area contributed by atoms with Gasteiger partial charge in [-0.3, -0.25) is 4.79 Å². The van der Waals surface area contributed by atoms with Gasteiger partial charge in [0, 0.05) is 11.6 Å². The molecule has 3 N–H and O–H groups in total. The number of benzene rings is 1. The molecule has 0 bridgehead atoms. The second kappa shape index (κ2) is 12.6. The fraction of sp³-hybridized carbons (Fsp3) is 0.593. The Morgan fingerprint density at radius 3 is 2.48 bits per heavy atom. The molecule has 4 nitrogen and oxygen atoms in total. The minimum absolute atomic E-state index is 0.0599. The number of aromatic hydroxyl groups is 2. The molecule has 0 aromatic heterocycles. The molecule has 1 aromatic carbocycles. The van der Waals surface area contributed by atoms with Crippen LogP contribution in [0.1, 0.15) is 107 Å². The number of phenols is 2. The van der Waals surface area contributed by atoms with Crippen LogP contribution in [0, 0.1) is 0 Å². The third-order valence-electron chi connectivity index (χ3n) is 6.18. The molecule has 0 unspecified atom stereocenters. The molecule has 4 heteroatoms. The minimum Gasteiger partial charge on any atom is -0.508 e. The standard InChI is InChI=1S/C27H41NO3/c1-5-6-7-13-21-18-24(29)23(17-16-20(4)12-10-11-19(2)3)26(30)25(21)27(31)28-22-14-8-9-15-22/h11,16,18,22,29-30H,5-10,12-15,17H2,1-4H3,(H,28,31)/b20-16+. The van der Waals surface area contributed by atoms with E-state index in [1.54, 1.807) is 6.07 Å². The maximum Gasteiger partial charge on any atom is 0.255 e. The molecule has 1 aliphatic carbocycles. The van der Waals surface area contributed by atoms with Crippen molar-refractivity contribution in [3.05, 3.63) is 46.1 Å². The molecular weight excluding hydrogens is 386 g/mol. The number of hydrogen-bond donors (Lipinski definition) is 3. The van der Waals surface area contributed by atoms with Gasteiger partial charge in [0.25, 0.3) is 5.91 Å². The Hall–Kier alpha value is -2.23. The summed E-state index contributed by atoms with van der Waals surface area (Å²) in [7, 11) is 0. The number of rotatable bonds is 11. The lowest BCUT2D eigenvalue weighted by Crippen LogP contribution is -2.33. The highest BCUT2D eigenvalue weighted by molar-refractivity contribution is 5.99. The van der Waals surface area contributed by atoms with E-state index in [1.165, 1.54) is 11.1 Å². The van der Waals surface area contributed by atoms with E-state index in [0.717, 1.165) is 63.4 Å². The first-order valence-corrected chi connectivity index (χ1v) is 12.0. The molecule has 172 valence electrons. The van der Waals surface area contributed by atoms with Crippen LogP contribution < -0.4 is 5.32 Å². The fourth-order valence-electron chi connectivity index (χ4n) is 4.26. The van der Waals surface area contributed by atoms with E-state index in [-0.39, 0.29) is 23.4 Å². The van der Waals surface area contributed by atoms with Gasteiger partial charge in [0.15, 0.2) is 0 Å². The Kier molecular flexibility index (Phi) is 10.2. The summed E-state index contributed by atoms with van der Waals surface area (Å²) in [4.78, 5) is 13.1. The normalized spacial score (nSPS) is 14.6. The maximum atomic E-state index is 13.1. The lowest BCUT2D eigenvalue weighted by atomic mass is 9.94. The summed E-state index contributed by atoms with van der Waals surface area (Å²) in [6, 6.07) is 1.88. The van der Waals surface area contributed by atoms with E-state index < -0.39 is 0 Å². The first-order chi connectivity index (χ1) is 14.8. The molecule has 0 saturated heterocycles. The Balaban J connectivity index is 2.27. The molecule has 0 atom stereocenters. The zero-order valence-electron chi connectivity index (χ0n) is 19.9. The van der Waals surface area contributed by atoms with Crippen LogP contribution in [0.25, 0.3) is 0 Å². The molecule has 0 spiro atoms. The SMILES string of the molecule is CCCCCc1cc(O)c(C/C=C(\C)CCC=C(C)C)c(O)c1C(=O)NC1CCCC1. The smallest absolute Gasteiger partial charge is 0.255 e. The van der Waals surface area contributed by atoms with Crippen LogP contribution in [-0.2, 0) is 12.8 Å². The van der Waals surface area contributed by atoms with Crippen LogP contribution in [0.2, 0.25) is 0 Å². The lowest BCUT2D eigenvalue weighted by Gasteiger charge is -2.18. The largest absolute Gasteiger partial charge is 0.508 e. The van der Waals surface area contributed by atoms with Crippen LogP contribution >= 0.6 is 0 Å². The van der Waals surface area contributed by atoms with E-state index in [9.17, 15) is 15.0 Å². The molecule has 1 fully saturated rings. The summed E-state index contributed by atoms with van der Waals surface area (Å²) in [5.74, 6) is -0.188. The summed E-state index contributed by atoms with van der Waals surface area (Å²) in [5.41, 5.74) is 4.05. The Bertz CT molecular complexity index is 797. The molecule has 1 aromatic rings. The van der Waals surface area contributed by atoms with E-state index >= 15 is 0 Å². The van der Waals surface area contributed by atoms with Gasteiger partial charge in [-0.2, -0.15) is 0 Å². The predicted octanol–water partition coefficient (Wildman–Crippen LogP) is 6.74. The predicted molar refractivity (Wildman–Crippen MR) is 129 cm³/mol. The zero-order valence-corrected chi connectivity index (χ0v) is 19.9. The van der Waals surface area contributed by atoms with Crippen molar-refractivity contribution in [2.24, 2.45) is 0 Å². The molecule has 2 rings (SSSR count). The lowest BCUT2D eigenvalue weighted by molar-refractivity contribution is 0.0934. The van der Waals surface area contributed by atoms with Gasteiger partial charge in [-0.05, 0) is 77.3 Å². The Morgan fingerprint density at radius 2 is 1.84 bits per heavy atom. The van der Waals surface area contributed by atoms with Gasteiger partial charge in [0.1, 0.15) is 11.5 Å². The van der Waals surface area contributed by atoms with Crippen LogP contribution in [0.5, 0.6) is 11.5 Å². The van der Waals surface area contributed by atoms with Gasteiger partial charge in [-0.1, -0.05) is 55.9 Å². The number of carbonyl (C=O) groups excluding carboxylic acids is 1. The molecular formula is C27H41NO3. The number of amides is 1. The summed E-state index contributed by atoms with van der Waals surface area (Å²) >= 11 is 0. The van der Waals surface area contributed by atoms with Crippen molar-refractivity contribution in [3.63, 3.8) is 0 Å². The molecule has 0 heterocycles. The van der Waals surface area contributed by atoms with Crippen LogP contribution in [-0.4, -0.2) is 22.2 Å². The van der Waals surface area contributed by atoms with Gasteiger partial charge in [0.05, 0.1) is 5.56 Å². The van der Waals surface area contributed by atoms with Crippen molar-refractivity contribution in [1.29, 1.82) is 0 Å².